The van der Waals surface area contributed by atoms with Gasteiger partial charge in [0.05, 0.1) is 11.0 Å². The molecule has 0 fully saturated rings. The quantitative estimate of drug-likeness (QED) is 0.587. The molecule has 4 aromatic rings. The van der Waals surface area contributed by atoms with Crippen LogP contribution in [0.2, 0.25) is 5.02 Å². The molecule has 0 bridgehead atoms. The molecule has 0 radical (unpaired) electrons. The fraction of sp³-hybridized carbons (Fsp3) is 0.0556. The highest BCUT2D eigenvalue weighted by Crippen LogP contribution is 2.24. The number of hydrogen-bond acceptors (Lipinski definition) is 5. The van der Waals surface area contributed by atoms with Crippen molar-refractivity contribution in [1.82, 2.24) is 19.5 Å². The van der Waals surface area contributed by atoms with Crippen molar-refractivity contribution in [3.05, 3.63) is 71.8 Å². The number of aromatic nitrogens is 4. The number of imidazole rings is 1. The molecule has 2 aromatic carbocycles. The maximum absolute atomic E-state index is 6.08. The molecular weight excluding hydrogens is 336 g/mol. The second-order valence-electron chi connectivity index (χ2n) is 5.54. The van der Waals surface area contributed by atoms with E-state index in [2.05, 4.69) is 55.2 Å². The van der Waals surface area contributed by atoms with E-state index in [-0.39, 0.29) is 5.82 Å². The molecule has 0 amide bonds. The number of halogens is 1. The summed E-state index contributed by atoms with van der Waals surface area (Å²) >= 11 is 6.08. The molecule has 0 saturated heterocycles. The summed E-state index contributed by atoms with van der Waals surface area (Å²) in [5, 5.41) is 3.51. The van der Waals surface area contributed by atoms with Gasteiger partial charge in [-0.25, -0.2) is 15.0 Å². The lowest BCUT2D eigenvalue weighted by Crippen LogP contribution is -2.04. The third-order valence-electron chi connectivity index (χ3n) is 3.94. The van der Waals surface area contributed by atoms with E-state index < -0.39 is 0 Å². The van der Waals surface area contributed by atoms with Gasteiger partial charge < -0.3 is 11.1 Å². The van der Waals surface area contributed by atoms with Gasteiger partial charge in [-0.3, -0.25) is 4.57 Å². The van der Waals surface area contributed by atoms with E-state index in [1.165, 1.54) is 6.33 Å². The standard InChI is InChI=1S/C18H15ClN6/c19-16-17(20)22-10-23-18(16)21-9-12-5-7-13(8-6-12)25-11-24-14-3-1-2-4-15(14)25/h1-8,10-11H,9H2,(H3,20,21,22,23). The highest BCUT2D eigenvalue weighted by Gasteiger charge is 2.07. The normalized spacial score (nSPS) is 10.9. The average Bonchev–Trinajstić information content (AvgIpc) is 3.07. The second kappa shape index (κ2) is 6.41. The number of rotatable bonds is 4. The Balaban J connectivity index is 1.53. The van der Waals surface area contributed by atoms with Gasteiger partial charge in [0.1, 0.15) is 23.5 Å². The third kappa shape index (κ3) is 2.99. The Hall–Kier alpha value is -3.12. The van der Waals surface area contributed by atoms with Crippen LogP contribution in [0.1, 0.15) is 5.56 Å². The number of benzene rings is 2. The van der Waals surface area contributed by atoms with Gasteiger partial charge in [-0.15, -0.1) is 0 Å². The molecule has 25 heavy (non-hydrogen) atoms. The lowest BCUT2D eigenvalue weighted by Gasteiger charge is -2.09. The van der Waals surface area contributed by atoms with Crippen molar-refractivity contribution in [3.8, 4) is 5.69 Å². The number of para-hydroxylation sites is 2. The number of nitrogens with zero attached hydrogens (tertiary/aromatic N) is 4. The molecule has 6 nitrogen and oxygen atoms in total. The van der Waals surface area contributed by atoms with Crippen LogP contribution in [0.15, 0.2) is 61.2 Å². The maximum Gasteiger partial charge on any atom is 0.150 e. The molecule has 0 unspecified atom stereocenters. The highest BCUT2D eigenvalue weighted by atomic mass is 35.5. The number of anilines is 2. The fourth-order valence-corrected chi connectivity index (χ4v) is 2.80. The number of fused-ring (bicyclic) bond motifs is 1. The van der Waals surface area contributed by atoms with Crippen molar-refractivity contribution in [2.45, 2.75) is 6.54 Å². The Morgan fingerprint density at radius 1 is 1.00 bits per heavy atom. The van der Waals surface area contributed by atoms with Crippen LogP contribution in [0.4, 0.5) is 11.6 Å². The maximum atomic E-state index is 6.08. The van der Waals surface area contributed by atoms with E-state index >= 15 is 0 Å². The molecule has 0 spiro atoms. The topological polar surface area (TPSA) is 81.6 Å². The Bertz CT molecular complexity index is 1030. The van der Waals surface area contributed by atoms with E-state index in [9.17, 15) is 0 Å². The van der Waals surface area contributed by atoms with E-state index in [4.69, 9.17) is 17.3 Å². The number of nitrogens with two attached hydrogens (primary N) is 1. The first-order valence-electron chi connectivity index (χ1n) is 7.73. The minimum absolute atomic E-state index is 0.265. The molecule has 124 valence electrons. The number of nitrogen functional groups attached to an aromatic ring is 1. The van der Waals surface area contributed by atoms with Crippen LogP contribution < -0.4 is 11.1 Å². The Morgan fingerprint density at radius 3 is 2.64 bits per heavy atom. The molecule has 2 aromatic heterocycles. The summed E-state index contributed by atoms with van der Waals surface area (Å²) in [6, 6.07) is 16.3. The van der Waals surface area contributed by atoms with Crippen LogP contribution in [0, 0.1) is 0 Å². The van der Waals surface area contributed by atoms with Crippen molar-refractivity contribution in [1.29, 1.82) is 0 Å². The first-order chi connectivity index (χ1) is 12.2. The van der Waals surface area contributed by atoms with Crippen molar-refractivity contribution in [2.24, 2.45) is 0 Å². The first-order valence-corrected chi connectivity index (χ1v) is 8.11. The van der Waals surface area contributed by atoms with Gasteiger partial charge in [0.15, 0.2) is 5.82 Å². The smallest absolute Gasteiger partial charge is 0.150 e. The Morgan fingerprint density at radius 2 is 1.80 bits per heavy atom. The van der Waals surface area contributed by atoms with Crippen LogP contribution in [0.25, 0.3) is 16.7 Å². The minimum Gasteiger partial charge on any atom is -0.382 e. The van der Waals surface area contributed by atoms with Crippen molar-refractivity contribution in [3.63, 3.8) is 0 Å². The lowest BCUT2D eigenvalue weighted by atomic mass is 10.2. The summed E-state index contributed by atoms with van der Waals surface area (Å²) < 4.78 is 2.06. The summed E-state index contributed by atoms with van der Waals surface area (Å²) in [7, 11) is 0. The monoisotopic (exact) mass is 350 g/mol. The lowest BCUT2D eigenvalue weighted by molar-refractivity contribution is 1.06. The molecule has 4 rings (SSSR count). The third-order valence-corrected chi connectivity index (χ3v) is 4.32. The van der Waals surface area contributed by atoms with Gasteiger partial charge >= 0.3 is 0 Å². The molecule has 0 aliphatic carbocycles. The zero-order chi connectivity index (χ0) is 17.2. The Labute approximate surface area is 149 Å². The van der Waals surface area contributed by atoms with Crippen LogP contribution in [0.3, 0.4) is 0 Å². The largest absolute Gasteiger partial charge is 0.382 e. The summed E-state index contributed by atoms with van der Waals surface area (Å²) in [4.78, 5) is 12.4. The van der Waals surface area contributed by atoms with Gasteiger partial charge in [-0.1, -0.05) is 35.9 Å². The van der Waals surface area contributed by atoms with Gasteiger partial charge in [0.2, 0.25) is 0 Å². The van der Waals surface area contributed by atoms with Gasteiger partial charge in [0.25, 0.3) is 0 Å². The molecule has 0 saturated carbocycles. The van der Waals surface area contributed by atoms with Crippen molar-refractivity contribution < 1.29 is 0 Å². The zero-order valence-corrected chi connectivity index (χ0v) is 14.0. The van der Waals surface area contributed by atoms with Crippen molar-refractivity contribution in [2.75, 3.05) is 11.1 Å². The van der Waals surface area contributed by atoms with E-state index in [0.717, 1.165) is 22.3 Å². The summed E-state index contributed by atoms with van der Waals surface area (Å²) in [5.74, 6) is 0.792. The molecule has 7 heteroatoms. The van der Waals surface area contributed by atoms with Gasteiger partial charge in [0, 0.05) is 12.2 Å². The summed E-state index contributed by atoms with van der Waals surface area (Å²) in [6.45, 7) is 0.584. The van der Waals surface area contributed by atoms with Gasteiger partial charge in [-0.2, -0.15) is 0 Å². The number of nitrogens with one attached hydrogen (secondary N) is 1. The SMILES string of the molecule is Nc1ncnc(NCc2ccc(-n3cnc4ccccc43)cc2)c1Cl. The van der Waals surface area contributed by atoms with Crippen LogP contribution >= 0.6 is 11.6 Å². The summed E-state index contributed by atoms with van der Waals surface area (Å²) in [6.07, 6.45) is 3.22. The molecule has 2 heterocycles. The molecule has 3 N–H and O–H groups in total. The molecular formula is C18H15ClN6. The number of hydrogen-bond donors (Lipinski definition) is 2. The van der Waals surface area contributed by atoms with Crippen LogP contribution in [-0.4, -0.2) is 19.5 Å². The average molecular weight is 351 g/mol. The van der Waals surface area contributed by atoms with Crippen LogP contribution in [0.5, 0.6) is 0 Å². The Kier molecular flexibility index (Phi) is 3.95. The van der Waals surface area contributed by atoms with Crippen LogP contribution in [-0.2, 0) is 6.54 Å². The predicted molar refractivity (Wildman–Crippen MR) is 99.9 cm³/mol. The predicted octanol–water partition coefficient (Wildman–Crippen LogP) is 3.66. The molecule has 0 atom stereocenters. The zero-order valence-electron chi connectivity index (χ0n) is 13.2. The highest BCUT2D eigenvalue weighted by molar-refractivity contribution is 6.35. The molecule has 0 aliphatic rings. The minimum atomic E-state index is 0.265. The first kappa shape index (κ1) is 15.4. The fourth-order valence-electron chi connectivity index (χ4n) is 2.63. The molecule has 0 aliphatic heterocycles. The van der Waals surface area contributed by atoms with E-state index in [1.807, 2.05) is 24.5 Å². The van der Waals surface area contributed by atoms with Crippen molar-refractivity contribution >= 4 is 34.3 Å². The van der Waals surface area contributed by atoms with E-state index in [1.54, 1.807) is 0 Å². The van der Waals surface area contributed by atoms with Gasteiger partial charge in [-0.05, 0) is 29.8 Å². The summed E-state index contributed by atoms with van der Waals surface area (Å²) in [5.41, 5.74) is 9.89. The van der Waals surface area contributed by atoms with E-state index in [0.29, 0.717) is 17.4 Å². The second-order valence-corrected chi connectivity index (χ2v) is 5.92.